The number of rotatable bonds is 6. The highest BCUT2D eigenvalue weighted by atomic mass is 16.3. The van der Waals surface area contributed by atoms with Crippen LogP contribution in [-0.2, 0) is 4.79 Å². The van der Waals surface area contributed by atoms with Crippen LogP contribution in [0.2, 0.25) is 0 Å². The van der Waals surface area contributed by atoms with Crippen LogP contribution in [0.15, 0.2) is 0 Å². The van der Waals surface area contributed by atoms with Crippen molar-refractivity contribution < 1.29 is 9.90 Å². The maximum absolute atomic E-state index is 11.3. The number of aliphatic hydroxyl groups is 1. The Hall–Kier alpha value is -0.610. The van der Waals surface area contributed by atoms with E-state index in [9.17, 15) is 4.79 Å². The van der Waals surface area contributed by atoms with Crippen LogP contribution in [0.5, 0.6) is 0 Å². The van der Waals surface area contributed by atoms with Crippen LogP contribution < -0.4 is 5.32 Å². The summed E-state index contributed by atoms with van der Waals surface area (Å²) in [5, 5.41) is 12.0. The number of nitrogens with one attached hydrogen (secondary N) is 1. The van der Waals surface area contributed by atoms with Crippen LogP contribution in [0.25, 0.3) is 0 Å². The summed E-state index contributed by atoms with van der Waals surface area (Å²) in [6.45, 7) is 3.08. The minimum Gasteiger partial charge on any atom is -0.392 e. The first-order valence-electron chi connectivity index (χ1n) is 5.24. The Balaban J connectivity index is 2.02. The molecule has 0 aromatic carbocycles. The zero-order chi connectivity index (χ0) is 10.6. The molecule has 1 rings (SSSR count). The van der Waals surface area contributed by atoms with Crippen LogP contribution in [-0.4, -0.2) is 48.2 Å². The minimum absolute atomic E-state index is 0.130. The average Bonchev–Trinajstić information content (AvgIpc) is 2.83. The molecule has 1 amide bonds. The van der Waals surface area contributed by atoms with Gasteiger partial charge in [-0.2, -0.15) is 0 Å². The van der Waals surface area contributed by atoms with E-state index in [2.05, 4.69) is 5.32 Å². The highest BCUT2D eigenvalue weighted by Crippen LogP contribution is 2.18. The van der Waals surface area contributed by atoms with Crippen molar-refractivity contribution >= 4 is 5.91 Å². The first kappa shape index (κ1) is 11.5. The Morgan fingerprint density at radius 1 is 1.64 bits per heavy atom. The molecule has 0 spiro atoms. The summed E-state index contributed by atoms with van der Waals surface area (Å²) in [7, 11) is 1.91. The van der Waals surface area contributed by atoms with Crippen molar-refractivity contribution in [2.45, 2.75) is 38.3 Å². The number of nitrogens with zero attached hydrogens (tertiary/aromatic N) is 1. The maximum Gasteiger partial charge on any atom is 0.221 e. The van der Waals surface area contributed by atoms with E-state index in [1.165, 1.54) is 0 Å². The van der Waals surface area contributed by atoms with E-state index in [1.54, 1.807) is 6.92 Å². The van der Waals surface area contributed by atoms with E-state index in [1.807, 2.05) is 11.9 Å². The molecule has 4 nitrogen and oxygen atoms in total. The highest BCUT2D eigenvalue weighted by Gasteiger charge is 2.22. The topological polar surface area (TPSA) is 52.6 Å². The molecule has 2 N–H and O–H groups in total. The van der Waals surface area contributed by atoms with E-state index >= 15 is 0 Å². The lowest BCUT2D eigenvalue weighted by Crippen LogP contribution is -2.33. The predicted molar refractivity (Wildman–Crippen MR) is 55.0 cm³/mol. The molecule has 0 radical (unpaired) electrons. The van der Waals surface area contributed by atoms with Gasteiger partial charge >= 0.3 is 0 Å². The molecule has 14 heavy (non-hydrogen) atoms. The number of carbonyl (C=O) groups excluding carboxylic acids is 1. The summed E-state index contributed by atoms with van der Waals surface area (Å²) in [5.74, 6) is 0.130. The van der Waals surface area contributed by atoms with Gasteiger partial charge in [-0.05, 0) is 26.8 Å². The number of hydrogen-bond acceptors (Lipinski definition) is 3. The first-order chi connectivity index (χ1) is 6.58. The summed E-state index contributed by atoms with van der Waals surface area (Å²) in [6, 6.07) is 0.449. The third-order valence-electron chi connectivity index (χ3n) is 2.24. The molecular weight excluding hydrogens is 180 g/mol. The Morgan fingerprint density at radius 2 is 2.29 bits per heavy atom. The van der Waals surface area contributed by atoms with Crippen molar-refractivity contribution in [1.82, 2.24) is 10.2 Å². The highest BCUT2D eigenvalue weighted by molar-refractivity contribution is 5.76. The fourth-order valence-corrected chi connectivity index (χ4v) is 1.36. The van der Waals surface area contributed by atoms with E-state index in [0.29, 0.717) is 25.6 Å². The lowest BCUT2D eigenvalue weighted by Gasteiger charge is -2.17. The average molecular weight is 200 g/mol. The molecule has 0 aliphatic heterocycles. The summed E-state index contributed by atoms with van der Waals surface area (Å²) >= 11 is 0. The standard InChI is InChI=1S/C10H20N2O2/c1-8(13)7-12(2)6-5-10(14)11-9-3-4-9/h8-9,13H,3-7H2,1-2H3,(H,11,14). The van der Waals surface area contributed by atoms with Gasteiger partial charge in [0.1, 0.15) is 0 Å². The predicted octanol–water partition coefficient (Wildman–Crippen LogP) is -0.0323. The summed E-state index contributed by atoms with van der Waals surface area (Å²) in [5.41, 5.74) is 0. The molecule has 1 atom stereocenters. The second-order valence-corrected chi connectivity index (χ2v) is 4.20. The zero-order valence-corrected chi connectivity index (χ0v) is 8.99. The van der Waals surface area contributed by atoms with Gasteiger partial charge in [0, 0.05) is 25.6 Å². The fraction of sp³-hybridized carbons (Fsp3) is 0.900. The Kier molecular flexibility index (Phi) is 4.35. The van der Waals surface area contributed by atoms with Crippen molar-refractivity contribution in [1.29, 1.82) is 0 Å². The van der Waals surface area contributed by atoms with Crippen LogP contribution in [0.4, 0.5) is 0 Å². The second-order valence-electron chi connectivity index (χ2n) is 4.20. The summed E-state index contributed by atoms with van der Waals surface area (Å²) < 4.78 is 0. The van der Waals surface area contributed by atoms with Gasteiger partial charge in [-0.3, -0.25) is 4.79 Å². The number of aliphatic hydroxyl groups excluding tert-OH is 1. The largest absolute Gasteiger partial charge is 0.392 e. The van der Waals surface area contributed by atoms with Gasteiger partial charge in [0.2, 0.25) is 5.91 Å². The van der Waals surface area contributed by atoms with Crippen molar-refractivity contribution in [3.8, 4) is 0 Å². The van der Waals surface area contributed by atoms with Gasteiger partial charge in [0.15, 0.2) is 0 Å². The number of hydrogen-bond donors (Lipinski definition) is 2. The molecule has 0 saturated heterocycles. The molecular formula is C10H20N2O2. The molecule has 0 heterocycles. The van der Waals surface area contributed by atoms with Crippen LogP contribution in [0.3, 0.4) is 0 Å². The third kappa shape index (κ3) is 5.19. The van der Waals surface area contributed by atoms with Crippen molar-refractivity contribution in [2.24, 2.45) is 0 Å². The van der Waals surface area contributed by atoms with E-state index < -0.39 is 0 Å². The lowest BCUT2D eigenvalue weighted by molar-refractivity contribution is -0.121. The molecule has 82 valence electrons. The molecule has 1 fully saturated rings. The molecule has 1 aliphatic carbocycles. The minimum atomic E-state index is -0.327. The van der Waals surface area contributed by atoms with Crippen LogP contribution in [0, 0.1) is 0 Å². The molecule has 1 unspecified atom stereocenters. The fourth-order valence-electron chi connectivity index (χ4n) is 1.36. The summed E-state index contributed by atoms with van der Waals surface area (Å²) in [6.07, 6.45) is 2.47. The Morgan fingerprint density at radius 3 is 2.79 bits per heavy atom. The third-order valence-corrected chi connectivity index (χ3v) is 2.24. The number of carbonyl (C=O) groups is 1. The first-order valence-corrected chi connectivity index (χ1v) is 5.24. The van der Waals surface area contributed by atoms with Gasteiger partial charge in [-0.15, -0.1) is 0 Å². The van der Waals surface area contributed by atoms with Gasteiger partial charge < -0.3 is 15.3 Å². The van der Waals surface area contributed by atoms with Crippen LogP contribution >= 0.6 is 0 Å². The van der Waals surface area contributed by atoms with Crippen LogP contribution in [0.1, 0.15) is 26.2 Å². The molecule has 0 aromatic heterocycles. The number of likely N-dealkylation sites (N-methyl/N-ethyl adjacent to an activating group) is 1. The SMILES string of the molecule is CC(O)CN(C)CCC(=O)NC1CC1. The van der Waals surface area contributed by atoms with Gasteiger partial charge in [0.25, 0.3) is 0 Å². The van der Waals surface area contributed by atoms with E-state index in [0.717, 1.165) is 12.8 Å². The van der Waals surface area contributed by atoms with Crippen molar-refractivity contribution in [3.05, 3.63) is 0 Å². The van der Waals surface area contributed by atoms with Gasteiger partial charge in [0.05, 0.1) is 6.10 Å². The van der Waals surface area contributed by atoms with Gasteiger partial charge in [-0.1, -0.05) is 0 Å². The molecule has 0 aromatic rings. The normalized spacial score (nSPS) is 18.3. The molecule has 0 bridgehead atoms. The Bertz CT molecular complexity index is 191. The second kappa shape index (κ2) is 5.32. The molecule has 4 heteroatoms. The zero-order valence-electron chi connectivity index (χ0n) is 8.99. The summed E-state index contributed by atoms with van der Waals surface area (Å²) in [4.78, 5) is 13.3. The van der Waals surface area contributed by atoms with Crippen molar-refractivity contribution in [3.63, 3.8) is 0 Å². The number of amides is 1. The van der Waals surface area contributed by atoms with Crippen molar-refractivity contribution in [2.75, 3.05) is 20.1 Å². The molecule has 1 saturated carbocycles. The van der Waals surface area contributed by atoms with E-state index in [-0.39, 0.29) is 12.0 Å². The Labute approximate surface area is 85.3 Å². The maximum atomic E-state index is 11.3. The molecule has 1 aliphatic rings. The quantitative estimate of drug-likeness (QED) is 0.633. The smallest absolute Gasteiger partial charge is 0.221 e. The van der Waals surface area contributed by atoms with E-state index in [4.69, 9.17) is 5.11 Å². The lowest BCUT2D eigenvalue weighted by atomic mass is 10.3. The monoisotopic (exact) mass is 200 g/mol. The van der Waals surface area contributed by atoms with Gasteiger partial charge in [-0.25, -0.2) is 0 Å².